The van der Waals surface area contributed by atoms with Crippen molar-refractivity contribution in [2.24, 2.45) is 5.73 Å². The quantitative estimate of drug-likeness (QED) is 0.764. The van der Waals surface area contributed by atoms with Gasteiger partial charge in [0.2, 0.25) is 0 Å². The highest BCUT2D eigenvalue weighted by atomic mass is 16.3. The Balaban J connectivity index is 2.23. The van der Waals surface area contributed by atoms with Crippen LogP contribution in [0.15, 0.2) is 24.5 Å². The Morgan fingerprint density at radius 1 is 1.33 bits per heavy atom. The number of hydrogen-bond donors (Lipinski definition) is 2. The van der Waals surface area contributed by atoms with Crippen LogP contribution in [0, 0.1) is 0 Å². The van der Waals surface area contributed by atoms with Crippen LogP contribution >= 0.6 is 0 Å². The fourth-order valence-electron chi connectivity index (χ4n) is 2.47. The Morgan fingerprint density at radius 2 is 1.93 bits per heavy atom. The molecule has 1 aromatic rings. The highest BCUT2D eigenvalue weighted by molar-refractivity contribution is 5.24. The van der Waals surface area contributed by atoms with Gasteiger partial charge in [-0.3, -0.25) is 4.98 Å². The minimum absolute atomic E-state index is 0.0716. The second-order valence-corrected chi connectivity index (χ2v) is 4.45. The van der Waals surface area contributed by atoms with Crippen molar-refractivity contribution in [1.29, 1.82) is 0 Å². The highest BCUT2D eigenvalue weighted by Gasteiger charge is 2.34. The van der Waals surface area contributed by atoms with Gasteiger partial charge >= 0.3 is 0 Å². The molecule has 0 saturated heterocycles. The van der Waals surface area contributed by atoms with E-state index in [-0.39, 0.29) is 11.5 Å². The number of nitrogens with two attached hydrogens (primary N) is 1. The van der Waals surface area contributed by atoms with E-state index >= 15 is 0 Å². The summed E-state index contributed by atoms with van der Waals surface area (Å²) in [4.78, 5) is 4.03. The van der Waals surface area contributed by atoms with Crippen molar-refractivity contribution >= 4 is 0 Å². The summed E-state index contributed by atoms with van der Waals surface area (Å²) in [5.74, 6) is 0. The molecule has 3 N–H and O–H groups in total. The van der Waals surface area contributed by atoms with Gasteiger partial charge < -0.3 is 10.8 Å². The molecule has 0 bridgehead atoms. The molecule has 1 aromatic heterocycles. The SMILES string of the molecule is NCC1(c2ccncc2)CCC(O)CC1. The van der Waals surface area contributed by atoms with Gasteiger partial charge in [-0.1, -0.05) is 0 Å². The standard InChI is InChI=1S/C12H18N2O/c13-9-12(5-1-11(15)2-6-12)10-3-7-14-8-4-10/h3-4,7-8,11,15H,1-2,5-6,9,13H2. The van der Waals surface area contributed by atoms with Crippen molar-refractivity contribution in [3.63, 3.8) is 0 Å². The summed E-state index contributed by atoms with van der Waals surface area (Å²) in [5.41, 5.74) is 7.26. The van der Waals surface area contributed by atoms with Crippen molar-refractivity contribution in [3.05, 3.63) is 30.1 Å². The molecule has 1 fully saturated rings. The van der Waals surface area contributed by atoms with E-state index in [1.165, 1.54) is 5.56 Å². The monoisotopic (exact) mass is 206 g/mol. The fraction of sp³-hybridized carbons (Fsp3) is 0.583. The van der Waals surface area contributed by atoms with Gasteiger partial charge in [-0.2, -0.15) is 0 Å². The summed E-state index contributed by atoms with van der Waals surface area (Å²) in [6, 6.07) is 4.09. The first-order valence-corrected chi connectivity index (χ1v) is 5.55. The lowest BCUT2D eigenvalue weighted by Gasteiger charge is -2.38. The molecule has 1 heterocycles. The van der Waals surface area contributed by atoms with Gasteiger partial charge in [-0.25, -0.2) is 0 Å². The third-order valence-corrected chi connectivity index (χ3v) is 3.60. The summed E-state index contributed by atoms with van der Waals surface area (Å²) in [5, 5.41) is 9.53. The molecule has 0 aromatic carbocycles. The Labute approximate surface area is 90.3 Å². The van der Waals surface area contributed by atoms with Crippen LogP contribution in [-0.4, -0.2) is 22.7 Å². The Kier molecular flexibility index (Phi) is 3.03. The van der Waals surface area contributed by atoms with E-state index in [0.29, 0.717) is 6.54 Å². The van der Waals surface area contributed by atoms with E-state index in [0.717, 1.165) is 25.7 Å². The first kappa shape index (κ1) is 10.6. The van der Waals surface area contributed by atoms with E-state index in [9.17, 15) is 5.11 Å². The van der Waals surface area contributed by atoms with E-state index < -0.39 is 0 Å². The van der Waals surface area contributed by atoms with E-state index in [1.54, 1.807) is 0 Å². The molecule has 1 aliphatic carbocycles. The number of nitrogens with zero attached hydrogens (tertiary/aromatic N) is 1. The van der Waals surface area contributed by atoms with Crippen molar-refractivity contribution in [2.75, 3.05) is 6.54 Å². The van der Waals surface area contributed by atoms with Gasteiger partial charge in [0.25, 0.3) is 0 Å². The minimum Gasteiger partial charge on any atom is -0.393 e. The van der Waals surface area contributed by atoms with Crippen LogP contribution < -0.4 is 5.73 Å². The highest BCUT2D eigenvalue weighted by Crippen LogP contribution is 2.38. The maximum Gasteiger partial charge on any atom is 0.0541 e. The fourth-order valence-corrected chi connectivity index (χ4v) is 2.47. The van der Waals surface area contributed by atoms with Crippen molar-refractivity contribution in [1.82, 2.24) is 4.98 Å². The van der Waals surface area contributed by atoms with Gasteiger partial charge in [0, 0.05) is 24.4 Å². The molecule has 3 heteroatoms. The van der Waals surface area contributed by atoms with Crippen LogP contribution in [0.25, 0.3) is 0 Å². The lowest BCUT2D eigenvalue weighted by Crippen LogP contribution is -2.40. The summed E-state index contributed by atoms with van der Waals surface area (Å²) in [6.45, 7) is 0.656. The third-order valence-electron chi connectivity index (χ3n) is 3.60. The molecular formula is C12H18N2O. The molecule has 0 spiro atoms. The van der Waals surface area contributed by atoms with Gasteiger partial charge in [-0.05, 0) is 43.4 Å². The number of aromatic nitrogens is 1. The maximum absolute atomic E-state index is 9.53. The molecule has 82 valence electrons. The zero-order chi connectivity index (χ0) is 10.7. The second-order valence-electron chi connectivity index (χ2n) is 4.45. The molecule has 0 unspecified atom stereocenters. The van der Waals surface area contributed by atoms with Gasteiger partial charge in [0.1, 0.15) is 0 Å². The Bertz CT molecular complexity index is 305. The number of hydrogen-bond acceptors (Lipinski definition) is 3. The first-order valence-electron chi connectivity index (χ1n) is 5.55. The van der Waals surface area contributed by atoms with Crippen LogP contribution in [-0.2, 0) is 5.41 Å². The molecule has 0 aliphatic heterocycles. The topological polar surface area (TPSA) is 59.1 Å². The van der Waals surface area contributed by atoms with Gasteiger partial charge in [0.15, 0.2) is 0 Å². The van der Waals surface area contributed by atoms with Crippen LogP contribution in [0.5, 0.6) is 0 Å². The zero-order valence-electron chi connectivity index (χ0n) is 8.89. The van der Waals surface area contributed by atoms with Crippen LogP contribution in [0.1, 0.15) is 31.2 Å². The van der Waals surface area contributed by atoms with Gasteiger partial charge in [-0.15, -0.1) is 0 Å². The predicted molar refractivity (Wildman–Crippen MR) is 59.4 cm³/mol. The van der Waals surface area contributed by atoms with Crippen molar-refractivity contribution in [3.8, 4) is 0 Å². The summed E-state index contributed by atoms with van der Waals surface area (Å²) in [7, 11) is 0. The van der Waals surface area contributed by atoms with Crippen LogP contribution in [0.2, 0.25) is 0 Å². The molecule has 15 heavy (non-hydrogen) atoms. The summed E-state index contributed by atoms with van der Waals surface area (Å²) >= 11 is 0. The minimum atomic E-state index is -0.133. The predicted octanol–water partition coefficient (Wildman–Crippen LogP) is 1.21. The van der Waals surface area contributed by atoms with E-state index in [2.05, 4.69) is 4.98 Å². The molecule has 1 aliphatic rings. The average Bonchev–Trinajstić information content (AvgIpc) is 2.32. The summed E-state index contributed by atoms with van der Waals surface area (Å²) < 4.78 is 0. The Hall–Kier alpha value is -0.930. The lowest BCUT2D eigenvalue weighted by molar-refractivity contribution is 0.0974. The van der Waals surface area contributed by atoms with Gasteiger partial charge in [0.05, 0.1) is 6.10 Å². The van der Waals surface area contributed by atoms with Crippen LogP contribution in [0.3, 0.4) is 0 Å². The lowest BCUT2D eigenvalue weighted by atomic mass is 9.69. The third kappa shape index (κ3) is 2.03. The molecule has 0 amide bonds. The number of aliphatic hydroxyl groups excluding tert-OH is 1. The Morgan fingerprint density at radius 3 is 2.47 bits per heavy atom. The van der Waals surface area contributed by atoms with Crippen molar-refractivity contribution < 1.29 is 5.11 Å². The molecule has 0 radical (unpaired) electrons. The number of rotatable bonds is 2. The number of aliphatic hydroxyl groups is 1. The van der Waals surface area contributed by atoms with Crippen LogP contribution in [0.4, 0.5) is 0 Å². The van der Waals surface area contributed by atoms with E-state index in [1.807, 2.05) is 24.5 Å². The second kappa shape index (κ2) is 4.29. The maximum atomic E-state index is 9.53. The van der Waals surface area contributed by atoms with Crippen molar-refractivity contribution in [2.45, 2.75) is 37.2 Å². The first-order chi connectivity index (χ1) is 7.27. The molecule has 0 atom stereocenters. The largest absolute Gasteiger partial charge is 0.393 e. The normalized spacial score (nSPS) is 31.5. The molecule has 3 nitrogen and oxygen atoms in total. The molecule has 1 saturated carbocycles. The summed E-state index contributed by atoms with van der Waals surface area (Å²) in [6.07, 6.45) is 7.18. The smallest absolute Gasteiger partial charge is 0.0541 e. The zero-order valence-corrected chi connectivity index (χ0v) is 8.89. The number of pyridine rings is 1. The molecule has 2 rings (SSSR count). The average molecular weight is 206 g/mol. The molecular weight excluding hydrogens is 188 g/mol. The van der Waals surface area contributed by atoms with E-state index in [4.69, 9.17) is 5.73 Å².